The van der Waals surface area contributed by atoms with Crippen molar-refractivity contribution in [2.75, 3.05) is 0 Å². The van der Waals surface area contributed by atoms with E-state index in [-0.39, 0.29) is 10.8 Å². The molecule has 5 aromatic rings. The van der Waals surface area contributed by atoms with Crippen LogP contribution in [0.3, 0.4) is 0 Å². The van der Waals surface area contributed by atoms with Crippen molar-refractivity contribution in [3.63, 3.8) is 0 Å². The normalized spacial score (nSPS) is 17.4. The van der Waals surface area contributed by atoms with Crippen LogP contribution in [-0.4, -0.2) is 4.98 Å². The maximum atomic E-state index is 4.94. The molecule has 0 aliphatic heterocycles. The van der Waals surface area contributed by atoms with Crippen molar-refractivity contribution >= 4 is 21.5 Å². The smallest absolute Gasteiger partial charge is 0.0780 e. The maximum absolute atomic E-state index is 4.94. The Morgan fingerprint density at radius 3 is 1.89 bits per heavy atom. The highest BCUT2D eigenvalue weighted by molar-refractivity contribution is 5.96. The number of aromatic nitrogens is 1. The van der Waals surface area contributed by atoms with Crippen LogP contribution < -0.4 is 0 Å². The Labute approximate surface area is 214 Å². The summed E-state index contributed by atoms with van der Waals surface area (Å²) in [6.45, 7) is 9.56. The minimum Gasteiger partial charge on any atom is -0.256 e. The van der Waals surface area contributed by atoms with Crippen molar-refractivity contribution in [2.45, 2.75) is 64.2 Å². The number of nitrogens with zero attached hydrogens (tertiary/aromatic N) is 1. The largest absolute Gasteiger partial charge is 0.256 e. The van der Waals surface area contributed by atoms with Crippen LogP contribution in [0.1, 0.15) is 73.9 Å². The van der Waals surface area contributed by atoms with Crippen LogP contribution in [0.15, 0.2) is 79.0 Å². The van der Waals surface area contributed by atoms with Crippen molar-refractivity contribution < 1.29 is 0 Å². The standard InChI is InChI=1S/C35H33N/c1-34(2)29-14-13-27(33-28-18-23-10-6-5-9-22(23)17-26(28)15-16-36-33)21-30(29)35(3,4)32-20-25-12-8-7-11-24(25)19-31(32)34/h7-8,11-21H,5-6,9-10H2,1-4H3. The van der Waals surface area contributed by atoms with Gasteiger partial charge in [0.05, 0.1) is 5.69 Å². The predicted octanol–water partition coefficient (Wildman–Crippen LogP) is 8.90. The summed E-state index contributed by atoms with van der Waals surface area (Å²) in [7, 11) is 0. The third kappa shape index (κ3) is 3.05. The monoisotopic (exact) mass is 467 g/mol. The molecule has 0 bridgehead atoms. The first-order valence-electron chi connectivity index (χ1n) is 13.4. The molecule has 0 spiro atoms. The second-order valence-electron chi connectivity index (χ2n) is 12.0. The first kappa shape index (κ1) is 21.8. The number of fused-ring (bicyclic) bond motifs is 5. The zero-order valence-electron chi connectivity index (χ0n) is 21.8. The predicted molar refractivity (Wildman–Crippen MR) is 152 cm³/mol. The second-order valence-corrected chi connectivity index (χ2v) is 12.0. The number of benzene rings is 4. The minimum atomic E-state index is -0.0933. The van der Waals surface area contributed by atoms with Crippen molar-refractivity contribution in [1.82, 2.24) is 4.98 Å². The van der Waals surface area contributed by atoms with E-state index in [1.807, 2.05) is 6.20 Å². The van der Waals surface area contributed by atoms with Gasteiger partial charge in [0, 0.05) is 28.0 Å². The van der Waals surface area contributed by atoms with Crippen LogP contribution in [0.25, 0.3) is 32.8 Å². The van der Waals surface area contributed by atoms with E-state index in [4.69, 9.17) is 4.98 Å². The Hall–Kier alpha value is -3.45. The van der Waals surface area contributed by atoms with Gasteiger partial charge in [0.2, 0.25) is 0 Å². The van der Waals surface area contributed by atoms with Crippen molar-refractivity contribution in [1.29, 1.82) is 0 Å². The highest BCUT2D eigenvalue weighted by Gasteiger charge is 2.42. The molecule has 36 heavy (non-hydrogen) atoms. The van der Waals surface area contributed by atoms with E-state index in [1.165, 1.54) is 86.2 Å². The van der Waals surface area contributed by atoms with Crippen LogP contribution in [0, 0.1) is 0 Å². The lowest BCUT2D eigenvalue weighted by molar-refractivity contribution is 0.522. The average Bonchev–Trinajstić information content (AvgIpc) is 2.90. The molecule has 1 heterocycles. The van der Waals surface area contributed by atoms with Crippen LogP contribution in [0.5, 0.6) is 0 Å². The lowest BCUT2D eigenvalue weighted by atomic mass is 9.59. The molecule has 2 aliphatic carbocycles. The van der Waals surface area contributed by atoms with E-state index in [0.717, 1.165) is 5.69 Å². The lowest BCUT2D eigenvalue weighted by Crippen LogP contribution is -2.36. The quantitative estimate of drug-likeness (QED) is 0.240. The van der Waals surface area contributed by atoms with Crippen LogP contribution in [0.2, 0.25) is 0 Å². The minimum absolute atomic E-state index is 0.0615. The van der Waals surface area contributed by atoms with Gasteiger partial charge in [-0.2, -0.15) is 0 Å². The molecule has 1 nitrogen and oxygen atoms in total. The van der Waals surface area contributed by atoms with Crippen LogP contribution in [0.4, 0.5) is 0 Å². The Kier molecular flexibility index (Phi) is 4.56. The van der Waals surface area contributed by atoms with Gasteiger partial charge in [-0.1, -0.05) is 70.2 Å². The van der Waals surface area contributed by atoms with E-state index in [9.17, 15) is 0 Å². The average molecular weight is 468 g/mol. The van der Waals surface area contributed by atoms with Gasteiger partial charge in [-0.15, -0.1) is 0 Å². The summed E-state index contributed by atoms with van der Waals surface area (Å²) in [5.74, 6) is 0. The number of rotatable bonds is 1. The lowest BCUT2D eigenvalue weighted by Gasteiger charge is -2.44. The van der Waals surface area contributed by atoms with E-state index >= 15 is 0 Å². The van der Waals surface area contributed by atoms with Gasteiger partial charge in [0.1, 0.15) is 0 Å². The van der Waals surface area contributed by atoms with E-state index < -0.39 is 0 Å². The molecule has 178 valence electrons. The van der Waals surface area contributed by atoms with Crippen molar-refractivity contribution in [2.24, 2.45) is 0 Å². The molecule has 0 amide bonds. The molecule has 7 rings (SSSR count). The van der Waals surface area contributed by atoms with Gasteiger partial charge >= 0.3 is 0 Å². The molecule has 0 atom stereocenters. The van der Waals surface area contributed by atoms with E-state index in [0.29, 0.717) is 0 Å². The molecule has 0 radical (unpaired) electrons. The summed E-state index contributed by atoms with van der Waals surface area (Å²) >= 11 is 0. The highest BCUT2D eigenvalue weighted by atomic mass is 14.7. The molecule has 2 aliphatic rings. The summed E-state index contributed by atoms with van der Waals surface area (Å²) in [6.07, 6.45) is 6.99. The summed E-state index contributed by atoms with van der Waals surface area (Å²) < 4.78 is 0. The molecule has 4 aromatic carbocycles. The number of hydrogen-bond donors (Lipinski definition) is 0. The fourth-order valence-corrected chi connectivity index (χ4v) is 6.96. The zero-order chi connectivity index (χ0) is 24.7. The highest BCUT2D eigenvalue weighted by Crippen LogP contribution is 2.51. The first-order chi connectivity index (χ1) is 17.3. The Morgan fingerprint density at radius 2 is 1.19 bits per heavy atom. The van der Waals surface area contributed by atoms with Crippen molar-refractivity contribution in [3.8, 4) is 11.3 Å². The molecule has 0 N–H and O–H groups in total. The third-order valence-electron chi connectivity index (χ3n) is 9.10. The van der Waals surface area contributed by atoms with Gasteiger partial charge in [0.15, 0.2) is 0 Å². The molecule has 0 unspecified atom stereocenters. The summed E-state index contributed by atoms with van der Waals surface area (Å²) in [5, 5.41) is 5.25. The summed E-state index contributed by atoms with van der Waals surface area (Å²) in [4.78, 5) is 4.94. The molecular weight excluding hydrogens is 434 g/mol. The third-order valence-corrected chi connectivity index (χ3v) is 9.10. The van der Waals surface area contributed by atoms with Gasteiger partial charge in [0.25, 0.3) is 0 Å². The molecular formula is C35H33N. The molecule has 0 saturated heterocycles. The first-order valence-corrected chi connectivity index (χ1v) is 13.4. The maximum Gasteiger partial charge on any atom is 0.0780 e. The SMILES string of the molecule is CC1(C)c2ccc(-c3nccc4cc5c(cc34)CCCC5)cc2C(C)(C)c2cc3ccccc3cc21. The van der Waals surface area contributed by atoms with Crippen LogP contribution >= 0.6 is 0 Å². The van der Waals surface area contributed by atoms with Gasteiger partial charge < -0.3 is 0 Å². The second kappa shape index (κ2) is 7.53. The van der Waals surface area contributed by atoms with Gasteiger partial charge in [-0.05, 0) is 106 Å². The molecule has 0 fully saturated rings. The Bertz CT molecular complexity index is 1690. The van der Waals surface area contributed by atoms with E-state index in [1.54, 1.807) is 0 Å². The Morgan fingerprint density at radius 1 is 0.583 bits per heavy atom. The molecule has 0 saturated carbocycles. The summed E-state index contributed by atoms with van der Waals surface area (Å²) in [5.41, 5.74) is 11.0. The zero-order valence-corrected chi connectivity index (χ0v) is 21.8. The fourth-order valence-electron chi connectivity index (χ4n) is 6.96. The fraction of sp³-hybridized carbons (Fsp3) is 0.286. The van der Waals surface area contributed by atoms with E-state index in [2.05, 4.69) is 100 Å². The number of aryl methyl sites for hydroxylation is 2. The van der Waals surface area contributed by atoms with Crippen LogP contribution in [-0.2, 0) is 23.7 Å². The number of hydrogen-bond acceptors (Lipinski definition) is 1. The summed E-state index contributed by atoms with van der Waals surface area (Å²) in [6, 6.07) is 27.8. The Balaban J connectivity index is 1.44. The molecule has 1 aromatic heterocycles. The van der Waals surface area contributed by atoms with Gasteiger partial charge in [-0.3, -0.25) is 4.98 Å². The molecule has 1 heteroatoms. The van der Waals surface area contributed by atoms with Gasteiger partial charge in [-0.25, -0.2) is 0 Å². The topological polar surface area (TPSA) is 12.9 Å². The number of pyridine rings is 1. The van der Waals surface area contributed by atoms with Crippen molar-refractivity contribution in [3.05, 3.63) is 112 Å².